The highest BCUT2D eigenvalue weighted by Gasteiger charge is 2.16. The van der Waals surface area contributed by atoms with Gasteiger partial charge in [-0.3, -0.25) is 4.79 Å². The second-order valence-corrected chi connectivity index (χ2v) is 4.33. The second-order valence-electron chi connectivity index (χ2n) is 3.45. The number of hydrogen-bond acceptors (Lipinski definition) is 3. The average molecular weight is 234 g/mol. The Morgan fingerprint density at radius 1 is 1.44 bits per heavy atom. The summed E-state index contributed by atoms with van der Waals surface area (Å²) < 4.78 is 0. The Morgan fingerprint density at radius 3 is 2.44 bits per heavy atom. The molecule has 0 saturated heterocycles. The van der Waals surface area contributed by atoms with Gasteiger partial charge in [0.25, 0.3) is 5.91 Å². The quantitative estimate of drug-likeness (QED) is 0.754. The summed E-state index contributed by atoms with van der Waals surface area (Å²) in [6.07, 6.45) is 1.99. The molecule has 0 fully saturated rings. The molecule has 4 heteroatoms. The lowest BCUT2D eigenvalue weighted by Crippen LogP contribution is -2.33. The van der Waals surface area contributed by atoms with E-state index in [0.717, 1.165) is 4.90 Å². The number of hydrogen-bond donors (Lipinski definition) is 0. The van der Waals surface area contributed by atoms with Crippen molar-refractivity contribution in [1.29, 1.82) is 5.26 Å². The summed E-state index contributed by atoms with van der Waals surface area (Å²) in [5, 5.41) is 8.74. The largest absolute Gasteiger partial charge is 0.326 e. The lowest BCUT2D eigenvalue weighted by Gasteiger charge is -2.19. The van der Waals surface area contributed by atoms with Crippen LogP contribution in [-0.4, -0.2) is 30.2 Å². The SMILES string of the molecule is CSc1ccc(C(=O)N(C)C(C)C#N)cc1. The van der Waals surface area contributed by atoms with Crippen molar-refractivity contribution >= 4 is 17.7 Å². The Labute approximate surface area is 100 Å². The lowest BCUT2D eigenvalue weighted by molar-refractivity contribution is 0.0773. The molecular formula is C12H14N2OS. The maximum absolute atomic E-state index is 11.9. The standard InChI is InChI=1S/C12H14N2OS/c1-9(8-13)14(2)12(15)10-4-6-11(16-3)7-5-10/h4-7,9H,1-3H3. The molecule has 0 aromatic heterocycles. The highest BCUT2D eigenvalue weighted by atomic mass is 32.2. The van der Waals surface area contributed by atoms with Crippen LogP contribution in [0.25, 0.3) is 0 Å². The van der Waals surface area contributed by atoms with E-state index in [1.54, 1.807) is 37.9 Å². The third-order valence-corrected chi connectivity index (χ3v) is 3.17. The highest BCUT2D eigenvalue weighted by molar-refractivity contribution is 7.98. The van der Waals surface area contributed by atoms with E-state index in [1.165, 1.54) is 4.90 Å². The molecule has 0 spiro atoms. The van der Waals surface area contributed by atoms with Crippen molar-refractivity contribution in [2.75, 3.05) is 13.3 Å². The molecule has 1 aromatic rings. The zero-order chi connectivity index (χ0) is 12.1. The van der Waals surface area contributed by atoms with Crippen molar-refractivity contribution in [1.82, 2.24) is 4.90 Å². The van der Waals surface area contributed by atoms with Crippen LogP contribution in [0.1, 0.15) is 17.3 Å². The fourth-order valence-electron chi connectivity index (χ4n) is 1.20. The molecule has 0 radical (unpaired) electrons. The van der Waals surface area contributed by atoms with Gasteiger partial charge < -0.3 is 4.90 Å². The Kier molecular flexibility index (Phi) is 4.39. The van der Waals surface area contributed by atoms with Crippen LogP contribution in [0.2, 0.25) is 0 Å². The first-order valence-electron chi connectivity index (χ1n) is 4.91. The maximum Gasteiger partial charge on any atom is 0.254 e. The Bertz CT molecular complexity index is 408. The second kappa shape index (κ2) is 5.57. The molecule has 3 nitrogen and oxygen atoms in total. The van der Waals surface area contributed by atoms with Crippen LogP contribution in [-0.2, 0) is 0 Å². The van der Waals surface area contributed by atoms with Gasteiger partial charge in [-0.15, -0.1) is 11.8 Å². The van der Waals surface area contributed by atoms with Gasteiger partial charge in [0.1, 0.15) is 6.04 Å². The van der Waals surface area contributed by atoms with Crippen LogP contribution >= 0.6 is 11.8 Å². The topological polar surface area (TPSA) is 44.1 Å². The molecule has 0 heterocycles. The van der Waals surface area contributed by atoms with Crippen LogP contribution < -0.4 is 0 Å². The zero-order valence-corrected chi connectivity index (χ0v) is 10.4. The van der Waals surface area contributed by atoms with E-state index in [2.05, 4.69) is 0 Å². The van der Waals surface area contributed by atoms with Gasteiger partial charge in [-0.2, -0.15) is 5.26 Å². The number of thioether (sulfide) groups is 1. The van der Waals surface area contributed by atoms with E-state index in [-0.39, 0.29) is 5.91 Å². The number of carbonyl (C=O) groups excluding carboxylic acids is 1. The minimum Gasteiger partial charge on any atom is -0.326 e. The number of rotatable bonds is 3. The molecule has 0 aliphatic carbocycles. The van der Waals surface area contributed by atoms with E-state index in [9.17, 15) is 4.79 Å². The fraction of sp³-hybridized carbons (Fsp3) is 0.333. The van der Waals surface area contributed by atoms with Gasteiger partial charge in [0.15, 0.2) is 0 Å². The van der Waals surface area contributed by atoms with E-state index < -0.39 is 6.04 Å². The van der Waals surface area contributed by atoms with Gasteiger partial charge >= 0.3 is 0 Å². The van der Waals surface area contributed by atoms with Crippen LogP contribution in [0.4, 0.5) is 0 Å². The summed E-state index contributed by atoms with van der Waals surface area (Å²) in [6, 6.07) is 9.01. The van der Waals surface area contributed by atoms with Gasteiger partial charge in [-0.1, -0.05) is 0 Å². The summed E-state index contributed by atoms with van der Waals surface area (Å²) in [4.78, 5) is 14.5. The highest BCUT2D eigenvalue weighted by Crippen LogP contribution is 2.16. The van der Waals surface area contributed by atoms with Gasteiger partial charge in [-0.05, 0) is 37.4 Å². The number of amides is 1. The normalized spacial score (nSPS) is 11.6. The third-order valence-electron chi connectivity index (χ3n) is 2.43. The fourth-order valence-corrected chi connectivity index (χ4v) is 1.61. The monoisotopic (exact) mass is 234 g/mol. The predicted octanol–water partition coefficient (Wildman–Crippen LogP) is 2.39. The maximum atomic E-state index is 11.9. The molecule has 1 aromatic carbocycles. The Balaban J connectivity index is 2.85. The number of carbonyl (C=O) groups is 1. The zero-order valence-electron chi connectivity index (χ0n) is 9.60. The Morgan fingerprint density at radius 2 is 2.00 bits per heavy atom. The molecule has 0 aliphatic heterocycles. The number of nitrogens with zero attached hydrogens (tertiary/aromatic N) is 2. The average Bonchev–Trinajstić information content (AvgIpc) is 2.36. The van der Waals surface area contributed by atoms with Gasteiger partial charge in [0.2, 0.25) is 0 Å². The van der Waals surface area contributed by atoms with Crippen LogP contribution in [0.15, 0.2) is 29.2 Å². The van der Waals surface area contributed by atoms with Crippen molar-refractivity contribution in [2.24, 2.45) is 0 Å². The number of benzene rings is 1. The molecule has 0 N–H and O–H groups in total. The molecule has 1 amide bonds. The summed E-state index contributed by atoms with van der Waals surface area (Å²) in [5.41, 5.74) is 0.613. The van der Waals surface area contributed by atoms with E-state index >= 15 is 0 Å². The molecule has 1 atom stereocenters. The molecule has 1 rings (SSSR count). The molecule has 16 heavy (non-hydrogen) atoms. The molecule has 0 bridgehead atoms. The van der Waals surface area contributed by atoms with Crippen molar-refractivity contribution in [3.8, 4) is 6.07 Å². The summed E-state index contributed by atoms with van der Waals surface area (Å²) in [5.74, 6) is -0.123. The summed E-state index contributed by atoms with van der Waals surface area (Å²) >= 11 is 1.63. The van der Waals surface area contributed by atoms with E-state index in [1.807, 2.05) is 24.5 Å². The summed E-state index contributed by atoms with van der Waals surface area (Å²) in [7, 11) is 1.64. The molecule has 84 valence electrons. The smallest absolute Gasteiger partial charge is 0.254 e. The first-order chi connectivity index (χ1) is 7.60. The van der Waals surface area contributed by atoms with E-state index in [0.29, 0.717) is 5.56 Å². The van der Waals surface area contributed by atoms with Crippen LogP contribution in [0.5, 0.6) is 0 Å². The first-order valence-corrected chi connectivity index (χ1v) is 6.13. The van der Waals surface area contributed by atoms with E-state index in [4.69, 9.17) is 5.26 Å². The molecule has 0 saturated carbocycles. The first kappa shape index (κ1) is 12.6. The minimum atomic E-state index is -0.410. The molecule has 0 aliphatic rings. The van der Waals surface area contributed by atoms with Gasteiger partial charge in [0.05, 0.1) is 6.07 Å². The van der Waals surface area contributed by atoms with Crippen molar-refractivity contribution in [3.05, 3.63) is 29.8 Å². The van der Waals surface area contributed by atoms with Gasteiger partial charge in [-0.25, -0.2) is 0 Å². The predicted molar refractivity (Wildman–Crippen MR) is 65.4 cm³/mol. The third kappa shape index (κ3) is 2.77. The van der Waals surface area contributed by atoms with Crippen molar-refractivity contribution < 1.29 is 4.79 Å². The van der Waals surface area contributed by atoms with Gasteiger partial charge in [0, 0.05) is 17.5 Å². The van der Waals surface area contributed by atoms with Crippen molar-refractivity contribution in [3.63, 3.8) is 0 Å². The lowest BCUT2D eigenvalue weighted by atomic mass is 10.2. The van der Waals surface area contributed by atoms with Crippen LogP contribution in [0.3, 0.4) is 0 Å². The van der Waals surface area contributed by atoms with Crippen molar-refractivity contribution in [2.45, 2.75) is 17.9 Å². The number of nitriles is 1. The summed E-state index contributed by atoms with van der Waals surface area (Å²) in [6.45, 7) is 1.70. The van der Waals surface area contributed by atoms with Crippen LogP contribution in [0, 0.1) is 11.3 Å². The molecular weight excluding hydrogens is 220 g/mol. The molecule has 1 unspecified atom stereocenters. The minimum absolute atomic E-state index is 0.123. The Hall–Kier alpha value is -1.47.